The smallest absolute Gasteiger partial charge is 0.0367 e. The van der Waals surface area contributed by atoms with E-state index in [9.17, 15) is 0 Å². The molecule has 0 radical (unpaired) electrons. The van der Waals surface area contributed by atoms with Gasteiger partial charge in [0.15, 0.2) is 0 Å². The molecule has 0 saturated carbocycles. The molecule has 2 N–H and O–H groups in total. The largest absolute Gasteiger partial charge is 0.399 e. The van der Waals surface area contributed by atoms with Gasteiger partial charge in [-0.25, -0.2) is 0 Å². The Bertz CT molecular complexity index is 476. The van der Waals surface area contributed by atoms with Crippen molar-refractivity contribution in [1.29, 1.82) is 0 Å². The summed E-state index contributed by atoms with van der Waals surface area (Å²) in [5.74, 6) is 0. The van der Waals surface area contributed by atoms with Crippen molar-refractivity contribution in [1.82, 2.24) is 0 Å². The average Bonchev–Trinajstić information content (AvgIpc) is 2.46. The predicted molar refractivity (Wildman–Crippen MR) is 83.5 cm³/mol. The van der Waals surface area contributed by atoms with Gasteiger partial charge in [-0.1, -0.05) is 37.3 Å². The molecule has 0 aliphatic heterocycles. The monoisotopic (exact) mass is 254 g/mol. The highest BCUT2D eigenvalue weighted by Crippen LogP contribution is 2.17. The molecule has 0 fully saturated rings. The second-order valence-corrected chi connectivity index (χ2v) is 4.81. The zero-order valence-corrected chi connectivity index (χ0v) is 11.5. The third-order valence-corrected chi connectivity index (χ3v) is 3.26. The molecule has 0 bridgehead atoms. The van der Waals surface area contributed by atoms with E-state index in [0.29, 0.717) is 0 Å². The molecule has 2 heteroatoms. The van der Waals surface area contributed by atoms with Crippen molar-refractivity contribution in [2.24, 2.45) is 0 Å². The highest BCUT2D eigenvalue weighted by atomic mass is 15.1. The van der Waals surface area contributed by atoms with Crippen molar-refractivity contribution in [2.45, 2.75) is 19.8 Å². The number of hydrogen-bond acceptors (Lipinski definition) is 2. The van der Waals surface area contributed by atoms with E-state index in [1.165, 1.54) is 11.3 Å². The van der Waals surface area contributed by atoms with Gasteiger partial charge in [0.05, 0.1) is 0 Å². The number of nitrogens with zero attached hydrogens (tertiary/aromatic N) is 1. The topological polar surface area (TPSA) is 29.3 Å². The fourth-order valence-electron chi connectivity index (χ4n) is 2.23. The van der Waals surface area contributed by atoms with Gasteiger partial charge < -0.3 is 10.6 Å². The summed E-state index contributed by atoms with van der Waals surface area (Å²) in [4.78, 5) is 2.42. The van der Waals surface area contributed by atoms with Gasteiger partial charge in [0, 0.05) is 24.5 Å². The molecule has 0 unspecified atom stereocenters. The molecule has 2 nitrogen and oxygen atoms in total. The van der Waals surface area contributed by atoms with Gasteiger partial charge in [-0.15, -0.1) is 0 Å². The minimum Gasteiger partial charge on any atom is -0.399 e. The number of hydrogen-bond donors (Lipinski definition) is 1. The van der Waals surface area contributed by atoms with Gasteiger partial charge >= 0.3 is 0 Å². The first-order chi connectivity index (χ1) is 9.29. The summed E-state index contributed by atoms with van der Waals surface area (Å²) in [6.45, 7) is 4.34. The van der Waals surface area contributed by atoms with E-state index in [1.807, 2.05) is 12.1 Å². The van der Waals surface area contributed by atoms with Crippen LogP contribution in [0.1, 0.15) is 18.9 Å². The number of benzene rings is 2. The van der Waals surface area contributed by atoms with Crippen LogP contribution in [0, 0.1) is 0 Å². The Kier molecular flexibility index (Phi) is 4.85. The van der Waals surface area contributed by atoms with E-state index in [0.717, 1.165) is 31.6 Å². The zero-order valence-electron chi connectivity index (χ0n) is 11.5. The Hall–Kier alpha value is -1.96. The number of nitrogen functional groups attached to an aromatic ring is 1. The van der Waals surface area contributed by atoms with Crippen LogP contribution >= 0.6 is 0 Å². The predicted octanol–water partition coefficient (Wildman–Crippen LogP) is 3.73. The maximum absolute atomic E-state index is 5.75. The Morgan fingerprint density at radius 1 is 0.895 bits per heavy atom. The Balaban J connectivity index is 2.02. The number of anilines is 2. The van der Waals surface area contributed by atoms with E-state index in [1.54, 1.807) is 0 Å². The van der Waals surface area contributed by atoms with Crippen molar-refractivity contribution < 1.29 is 0 Å². The van der Waals surface area contributed by atoms with E-state index in [4.69, 9.17) is 5.73 Å². The highest BCUT2D eigenvalue weighted by molar-refractivity contribution is 5.53. The van der Waals surface area contributed by atoms with Crippen LogP contribution in [0.4, 0.5) is 11.4 Å². The minimum atomic E-state index is 0.822. The molecule has 19 heavy (non-hydrogen) atoms. The number of nitrogens with two attached hydrogens (primary N) is 1. The second kappa shape index (κ2) is 6.83. The SMILES string of the molecule is CCCN(CCc1ccccc1)c1ccc(N)cc1. The third-order valence-electron chi connectivity index (χ3n) is 3.26. The van der Waals surface area contributed by atoms with E-state index >= 15 is 0 Å². The molecule has 100 valence electrons. The maximum Gasteiger partial charge on any atom is 0.0367 e. The van der Waals surface area contributed by atoms with Gasteiger partial charge in [-0.05, 0) is 42.7 Å². The lowest BCUT2D eigenvalue weighted by Crippen LogP contribution is -2.26. The molecule has 2 aromatic rings. The Morgan fingerprint density at radius 3 is 2.21 bits per heavy atom. The fraction of sp³-hybridized carbons (Fsp3) is 0.294. The first kappa shape index (κ1) is 13.5. The van der Waals surface area contributed by atoms with Gasteiger partial charge in [-0.2, -0.15) is 0 Å². The summed E-state index contributed by atoms with van der Waals surface area (Å²) in [7, 11) is 0. The summed E-state index contributed by atoms with van der Waals surface area (Å²) < 4.78 is 0. The molecule has 0 spiro atoms. The normalized spacial score (nSPS) is 10.4. The maximum atomic E-state index is 5.75. The van der Waals surface area contributed by atoms with Crippen LogP contribution in [0.3, 0.4) is 0 Å². The van der Waals surface area contributed by atoms with Crippen LogP contribution in [0.2, 0.25) is 0 Å². The summed E-state index contributed by atoms with van der Waals surface area (Å²) >= 11 is 0. The fourth-order valence-corrected chi connectivity index (χ4v) is 2.23. The molecule has 0 aromatic heterocycles. The summed E-state index contributed by atoms with van der Waals surface area (Å²) in [6.07, 6.45) is 2.23. The van der Waals surface area contributed by atoms with Crippen LogP contribution < -0.4 is 10.6 Å². The van der Waals surface area contributed by atoms with Crippen molar-refractivity contribution in [3.63, 3.8) is 0 Å². The molecule has 0 aliphatic rings. The molecule has 0 atom stereocenters. The van der Waals surface area contributed by atoms with Crippen molar-refractivity contribution in [3.05, 3.63) is 60.2 Å². The second-order valence-electron chi connectivity index (χ2n) is 4.81. The zero-order chi connectivity index (χ0) is 13.5. The Labute approximate surface area is 115 Å². The van der Waals surface area contributed by atoms with Gasteiger partial charge in [0.2, 0.25) is 0 Å². The van der Waals surface area contributed by atoms with E-state index in [2.05, 4.69) is 54.3 Å². The molecule has 0 aliphatic carbocycles. The van der Waals surface area contributed by atoms with Crippen LogP contribution in [0.25, 0.3) is 0 Å². The van der Waals surface area contributed by atoms with Crippen molar-refractivity contribution >= 4 is 11.4 Å². The summed E-state index contributed by atoms with van der Waals surface area (Å²) in [5, 5.41) is 0. The summed E-state index contributed by atoms with van der Waals surface area (Å²) in [6, 6.07) is 18.8. The van der Waals surface area contributed by atoms with Crippen LogP contribution in [-0.2, 0) is 6.42 Å². The minimum absolute atomic E-state index is 0.822. The summed E-state index contributed by atoms with van der Waals surface area (Å²) in [5.41, 5.74) is 9.21. The van der Waals surface area contributed by atoms with Gasteiger partial charge in [-0.3, -0.25) is 0 Å². The molecular weight excluding hydrogens is 232 g/mol. The van der Waals surface area contributed by atoms with Crippen molar-refractivity contribution in [3.8, 4) is 0 Å². The molecule has 0 amide bonds. The first-order valence-electron chi connectivity index (χ1n) is 6.94. The van der Waals surface area contributed by atoms with Crippen LogP contribution in [-0.4, -0.2) is 13.1 Å². The molecule has 0 heterocycles. The lowest BCUT2D eigenvalue weighted by molar-refractivity contribution is 0.756. The van der Waals surface area contributed by atoms with Crippen LogP contribution in [0.15, 0.2) is 54.6 Å². The molecule has 2 rings (SSSR count). The average molecular weight is 254 g/mol. The lowest BCUT2D eigenvalue weighted by atomic mass is 10.1. The molecule has 0 saturated heterocycles. The lowest BCUT2D eigenvalue weighted by Gasteiger charge is -2.24. The highest BCUT2D eigenvalue weighted by Gasteiger charge is 2.05. The van der Waals surface area contributed by atoms with Crippen molar-refractivity contribution in [2.75, 3.05) is 23.7 Å². The Morgan fingerprint density at radius 2 is 1.58 bits per heavy atom. The van der Waals surface area contributed by atoms with Crippen LogP contribution in [0.5, 0.6) is 0 Å². The molecule has 2 aromatic carbocycles. The standard InChI is InChI=1S/C17H22N2/c1-2-13-19(17-10-8-16(18)9-11-17)14-12-15-6-4-3-5-7-15/h3-11H,2,12-14,18H2,1H3. The van der Waals surface area contributed by atoms with E-state index < -0.39 is 0 Å². The van der Waals surface area contributed by atoms with E-state index in [-0.39, 0.29) is 0 Å². The first-order valence-corrected chi connectivity index (χ1v) is 6.94. The quantitative estimate of drug-likeness (QED) is 0.796. The third kappa shape index (κ3) is 4.02. The number of rotatable bonds is 6. The van der Waals surface area contributed by atoms with Gasteiger partial charge in [0.1, 0.15) is 0 Å². The van der Waals surface area contributed by atoms with Gasteiger partial charge in [0.25, 0.3) is 0 Å². The molecular formula is C17H22N2.